The lowest BCUT2D eigenvalue weighted by atomic mass is 10.0. The summed E-state index contributed by atoms with van der Waals surface area (Å²) in [6, 6.07) is 10.2. The van der Waals surface area contributed by atoms with Gasteiger partial charge in [-0.2, -0.15) is 0 Å². The third-order valence-electron chi connectivity index (χ3n) is 2.29. The number of aliphatic hydroxyl groups excluding tert-OH is 1. The van der Waals surface area contributed by atoms with Crippen LogP contribution in [0, 0.1) is 5.82 Å². The monoisotopic (exact) mass is 237 g/mol. The standard InChI is InChI=1S/C12H9ClFNO/c13-12-10(14)9(6-7-15-12)11(16)8-4-2-1-3-5-8/h1-7,11,16H. The van der Waals surface area contributed by atoms with Crippen LogP contribution in [0.5, 0.6) is 0 Å². The van der Waals surface area contributed by atoms with Crippen LogP contribution in [0.25, 0.3) is 0 Å². The SMILES string of the molecule is OC(c1ccccc1)c1ccnc(Cl)c1F. The predicted molar refractivity (Wildman–Crippen MR) is 59.7 cm³/mol. The highest BCUT2D eigenvalue weighted by Crippen LogP contribution is 2.26. The molecule has 0 spiro atoms. The van der Waals surface area contributed by atoms with Gasteiger partial charge >= 0.3 is 0 Å². The molecule has 1 unspecified atom stereocenters. The van der Waals surface area contributed by atoms with Crippen molar-refractivity contribution in [3.63, 3.8) is 0 Å². The summed E-state index contributed by atoms with van der Waals surface area (Å²) in [5.41, 5.74) is 0.745. The average Bonchev–Trinajstić information content (AvgIpc) is 2.33. The van der Waals surface area contributed by atoms with E-state index >= 15 is 0 Å². The Bertz CT molecular complexity index is 490. The Balaban J connectivity index is 2.42. The van der Waals surface area contributed by atoms with Gasteiger partial charge < -0.3 is 5.11 Å². The highest BCUT2D eigenvalue weighted by molar-refractivity contribution is 6.29. The van der Waals surface area contributed by atoms with Crippen molar-refractivity contribution in [1.82, 2.24) is 4.98 Å². The van der Waals surface area contributed by atoms with Crippen LogP contribution >= 0.6 is 11.6 Å². The lowest BCUT2D eigenvalue weighted by molar-refractivity contribution is 0.214. The Morgan fingerprint density at radius 3 is 2.56 bits per heavy atom. The molecule has 0 bridgehead atoms. The molecule has 0 saturated heterocycles. The summed E-state index contributed by atoms with van der Waals surface area (Å²) in [6.45, 7) is 0. The van der Waals surface area contributed by atoms with E-state index in [4.69, 9.17) is 11.6 Å². The van der Waals surface area contributed by atoms with Crippen LogP contribution in [-0.4, -0.2) is 10.1 Å². The van der Waals surface area contributed by atoms with E-state index in [1.807, 2.05) is 6.07 Å². The number of hydrogen-bond donors (Lipinski definition) is 1. The van der Waals surface area contributed by atoms with Crippen molar-refractivity contribution in [2.24, 2.45) is 0 Å². The molecule has 2 aromatic rings. The molecule has 1 N–H and O–H groups in total. The summed E-state index contributed by atoms with van der Waals surface area (Å²) in [4.78, 5) is 3.59. The number of aliphatic hydroxyl groups is 1. The summed E-state index contributed by atoms with van der Waals surface area (Å²) in [7, 11) is 0. The molecular formula is C12H9ClFNO. The Morgan fingerprint density at radius 2 is 1.88 bits per heavy atom. The van der Waals surface area contributed by atoms with E-state index in [-0.39, 0.29) is 10.7 Å². The molecule has 82 valence electrons. The van der Waals surface area contributed by atoms with Gasteiger partial charge in [-0.05, 0) is 11.6 Å². The molecule has 1 aromatic heterocycles. The third kappa shape index (κ3) is 2.05. The molecule has 0 radical (unpaired) electrons. The number of aromatic nitrogens is 1. The van der Waals surface area contributed by atoms with Crippen molar-refractivity contribution in [1.29, 1.82) is 0 Å². The molecule has 2 rings (SSSR count). The van der Waals surface area contributed by atoms with Crippen molar-refractivity contribution in [3.05, 3.63) is 64.7 Å². The van der Waals surface area contributed by atoms with Gasteiger partial charge in [-0.1, -0.05) is 41.9 Å². The first-order chi connectivity index (χ1) is 7.70. The molecule has 1 aromatic carbocycles. The predicted octanol–water partition coefficient (Wildman–Crippen LogP) is 2.96. The fraction of sp³-hybridized carbons (Fsp3) is 0.0833. The molecule has 0 aliphatic heterocycles. The van der Waals surface area contributed by atoms with Crippen molar-refractivity contribution < 1.29 is 9.50 Å². The number of pyridine rings is 1. The molecule has 0 amide bonds. The molecule has 1 heterocycles. The summed E-state index contributed by atoms with van der Waals surface area (Å²) in [5, 5.41) is 9.74. The highest BCUT2D eigenvalue weighted by Gasteiger charge is 2.16. The summed E-state index contributed by atoms with van der Waals surface area (Å²) in [6.07, 6.45) is 0.342. The minimum absolute atomic E-state index is 0.131. The maximum Gasteiger partial charge on any atom is 0.166 e. The van der Waals surface area contributed by atoms with Gasteiger partial charge in [-0.3, -0.25) is 0 Å². The molecule has 4 heteroatoms. The van der Waals surface area contributed by atoms with E-state index in [1.54, 1.807) is 24.3 Å². The second-order valence-electron chi connectivity index (χ2n) is 3.32. The van der Waals surface area contributed by atoms with Gasteiger partial charge in [0.25, 0.3) is 0 Å². The first kappa shape index (κ1) is 11.0. The van der Waals surface area contributed by atoms with E-state index in [0.29, 0.717) is 5.56 Å². The molecule has 1 atom stereocenters. The largest absolute Gasteiger partial charge is 0.384 e. The number of nitrogens with zero attached hydrogens (tertiary/aromatic N) is 1. The van der Waals surface area contributed by atoms with E-state index in [9.17, 15) is 9.50 Å². The zero-order valence-corrected chi connectivity index (χ0v) is 9.03. The molecule has 0 aliphatic rings. The lowest BCUT2D eigenvalue weighted by Crippen LogP contribution is -2.03. The zero-order chi connectivity index (χ0) is 11.5. The summed E-state index contributed by atoms with van der Waals surface area (Å²) < 4.78 is 13.6. The number of rotatable bonds is 2. The molecule has 0 aliphatic carbocycles. The Hall–Kier alpha value is -1.45. The first-order valence-electron chi connectivity index (χ1n) is 4.73. The van der Waals surface area contributed by atoms with E-state index in [2.05, 4.69) is 4.98 Å². The van der Waals surface area contributed by atoms with Gasteiger partial charge in [-0.25, -0.2) is 9.37 Å². The van der Waals surface area contributed by atoms with Crippen molar-refractivity contribution in [2.45, 2.75) is 6.10 Å². The van der Waals surface area contributed by atoms with Gasteiger partial charge in [0.2, 0.25) is 0 Å². The van der Waals surface area contributed by atoms with Crippen LogP contribution in [-0.2, 0) is 0 Å². The molecule has 2 nitrogen and oxygen atoms in total. The fourth-order valence-electron chi connectivity index (χ4n) is 1.46. The second-order valence-corrected chi connectivity index (χ2v) is 3.68. The Kier molecular flexibility index (Phi) is 3.17. The maximum atomic E-state index is 13.6. The van der Waals surface area contributed by atoms with Gasteiger partial charge in [0.05, 0.1) is 0 Å². The smallest absolute Gasteiger partial charge is 0.166 e. The normalized spacial score (nSPS) is 12.4. The van der Waals surface area contributed by atoms with E-state index < -0.39 is 11.9 Å². The van der Waals surface area contributed by atoms with Crippen LogP contribution in [0.15, 0.2) is 42.6 Å². The quantitative estimate of drug-likeness (QED) is 0.815. The first-order valence-corrected chi connectivity index (χ1v) is 5.11. The summed E-state index contributed by atoms with van der Waals surface area (Å²) >= 11 is 5.55. The molecular weight excluding hydrogens is 229 g/mol. The maximum absolute atomic E-state index is 13.6. The zero-order valence-electron chi connectivity index (χ0n) is 8.27. The second kappa shape index (κ2) is 4.60. The van der Waals surface area contributed by atoms with Crippen LogP contribution in [0.1, 0.15) is 17.2 Å². The minimum atomic E-state index is -1.03. The van der Waals surface area contributed by atoms with Crippen molar-refractivity contribution >= 4 is 11.6 Å². The van der Waals surface area contributed by atoms with E-state index in [0.717, 1.165) is 0 Å². The Labute approximate surface area is 97.3 Å². The Morgan fingerprint density at radius 1 is 1.19 bits per heavy atom. The van der Waals surface area contributed by atoms with E-state index in [1.165, 1.54) is 12.3 Å². The lowest BCUT2D eigenvalue weighted by Gasteiger charge is -2.12. The van der Waals surface area contributed by atoms with Crippen LogP contribution in [0.3, 0.4) is 0 Å². The third-order valence-corrected chi connectivity index (χ3v) is 2.55. The van der Waals surface area contributed by atoms with Gasteiger partial charge in [0.15, 0.2) is 11.0 Å². The van der Waals surface area contributed by atoms with Crippen LogP contribution < -0.4 is 0 Å². The topological polar surface area (TPSA) is 33.1 Å². The molecule has 0 saturated carbocycles. The minimum Gasteiger partial charge on any atom is -0.384 e. The highest BCUT2D eigenvalue weighted by atomic mass is 35.5. The van der Waals surface area contributed by atoms with Gasteiger partial charge in [0, 0.05) is 11.8 Å². The number of hydrogen-bond acceptors (Lipinski definition) is 2. The van der Waals surface area contributed by atoms with Crippen LogP contribution in [0.2, 0.25) is 5.15 Å². The number of halogens is 2. The average molecular weight is 238 g/mol. The molecule has 16 heavy (non-hydrogen) atoms. The number of benzene rings is 1. The molecule has 0 fully saturated rings. The summed E-state index contributed by atoms with van der Waals surface area (Å²) in [5.74, 6) is -0.680. The van der Waals surface area contributed by atoms with Crippen molar-refractivity contribution in [2.75, 3.05) is 0 Å². The van der Waals surface area contributed by atoms with Gasteiger partial charge in [0.1, 0.15) is 6.10 Å². The van der Waals surface area contributed by atoms with Gasteiger partial charge in [-0.15, -0.1) is 0 Å². The van der Waals surface area contributed by atoms with Crippen LogP contribution in [0.4, 0.5) is 4.39 Å². The van der Waals surface area contributed by atoms with Crippen molar-refractivity contribution in [3.8, 4) is 0 Å². The fourth-order valence-corrected chi connectivity index (χ4v) is 1.62.